The molecule has 9 heteroatoms. The van der Waals surface area contributed by atoms with Crippen LogP contribution in [0.25, 0.3) is 11.0 Å². The van der Waals surface area contributed by atoms with Crippen molar-refractivity contribution in [1.82, 2.24) is 20.3 Å². The quantitative estimate of drug-likeness (QED) is 0.391. The van der Waals surface area contributed by atoms with Crippen LogP contribution < -0.4 is 10.9 Å². The number of amides is 1. The summed E-state index contributed by atoms with van der Waals surface area (Å²) in [6.45, 7) is 7.94. The summed E-state index contributed by atoms with van der Waals surface area (Å²) in [5.74, 6) is -1.17. The maximum absolute atomic E-state index is 15.1. The summed E-state index contributed by atoms with van der Waals surface area (Å²) in [7, 11) is 0. The molecule has 2 aromatic rings. The van der Waals surface area contributed by atoms with E-state index in [0.29, 0.717) is 59.4 Å². The zero-order valence-electron chi connectivity index (χ0n) is 21.1. The van der Waals surface area contributed by atoms with Crippen molar-refractivity contribution in [2.75, 3.05) is 19.7 Å². The van der Waals surface area contributed by atoms with Gasteiger partial charge in [-0.25, -0.2) is 13.8 Å². The lowest BCUT2D eigenvalue weighted by atomic mass is 10.0. The molecule has 0 atom stereocenters. The topological polar surface area (TPSA) is 87.3 Å². The average molecular weight is 499 g/mol. The monoisotopic (exact) mass is 498 g/mol. The second kappa shape index (κ2) is 12.5. The second-order valence-corrected chi connectivity index (χ2v) is 8.33. The SMILES string of the molecule is CC/C=C(/C=C\C(C1=CCN(Cc2ccc3nc(CC)c(=O)[nH]c3c2F)OC1)=C(/C)F)C(=O)NCC. The Morgan fingerprint density at radius 3 is 2.67 bits per heavy atom. The Balaban J connectivity index is 1.76. The number of likely N-dealkylation sites (N-methyl/N-ethyl adjacent to an activating group) is 1. The maximum Gasteiger partial charge on any atom is 0.270 e. The first-order valence-electron chi connectivity index (χ1n) is 12.1. The number of carbonyl (C=O) groups is 1. The molecule has 1 aliphatic rings. The molecule has 0 radical (unpaired) electrons. The van der Waals surface area contributed by atoms with Gasteiger partial charge in [0, 0.05) is 29.8 Å². The molecule has 0 saturated carbocycles. The largest absolute Gasteiger partial charge is 0.352 e. The number of benzene rings is 1. The van der Waals surface area contributed by atoms with Crippen LogP contribution in [0.15, 0.2) is 63.8 Å². The second-order valence-electron chi connectivity index (χ2n) is 8.33. The summed E-state index contributed by atoms with van der Waals surface area (Å²) in [5.41, 5.74) is 2.18. The Morgan fingerprint density at radius 2 is 2.06 bits per heavy atom. The number of hydroxylamine groups is 2. The minimum atomic E-state index is -0.554. The number of aromatic nitrogens is 2. The first kappa shape index (κ1) is 27.2. The Morgan fingerprint density at radius 1 is 1.28 bits per heavy atom. The minimum Gasteiger partial charge on any atom is -0.352 e. The number of halogens is 2. The number of hydrogen-bond acceptors (Lipinski definition) is 5. The molecule has 2 heterocycles. The van der Waals surface area contributed by atoms with Crippen molar-refractivity contribution in [2.24, 2.45) is 0 Å². The molecular weight excluding hydrogens is 466 g/mol. The predicted molar refractivity (Wildman–Crippen MR) is 136 cm³/mol. The first-order valence-corrected chi connectivity index (χ1v) is 12.1. The standard InChI is InChI=1S/C27H32F2N4O3/c1-5-8-18(26(34)30-7-3)9-11-21(17(4)28)20-13-14-33(36-16-20)15-19-10-12-23-25(24(19)29)32-27(35)22(6-2)31-23/h8-13H,5-7,14-16H2,1-4H3,(H,30,34)(H,32,35)/b11-9-,18-8-,21-17-. The highest BCUT2D eigenvalue weighted by Crippen LogP contribution is 2.24. The van der Waals surface area contributed by atoms with E-state index in [9.17, 15) is 14.0 Å². The third-order valence-electron chi connectivity index (χ3n) is 5.75. The van der Waals surface area contributed by atoms with E-state index in [-0.39, 0.29) is 24.6 Å². The number of allylic oxidation sites excluding steroid dienone is 3. The molecule has 0 saturated heterocycles. The van der Waals surface area contributed by atoms with Gasteiger partial charge in [0.05, 0.1) is 18.7 Å². The minimum absolute atomic E-state index is 0.0643. The number of nitrogens with one attached hydrogen (secondary N) is 2. The van der Waals surface area contributed by atoms with Crippen LogP contribution in [0.1, 0.15) is 45.4 Å². The molecule has 2 N–H and O–H groups in total. The number of carbonyl (C=O) groups excluding carboxylic acids is 1. The van der Waals surface area contributed by atoms with Crippen LogP contribution in [0.5, 0.6) is 0 Å². The van der Waals surface area contributed by atoms with E-state index < -0.39 is 17.2 Å². The Hall–Kier alpha value is -3.43. The van der Waals surface area contributed by atoms with Gasteiger partial charge in [-0.15, -0.1) is 0 Å². The molecule has 1 amide bonds. The lowest BCUT2D eigenvalue weighted by Crippen LogP contribution is -2.29. The summed E-state index contributed by atoms with van der Waals surface area (Å²) < 4.78 is 29.5. The van der Waals surface area contributed by atoms with Gasteiger partial charge < -0.3 is 10.3 Å². The fourth-order valence-electron chi connectivity index (χ4n) is 3.87. The number of nitrogens with zero attached hydrogens (tertiary/aromatic N) is 2. The Bertz CT molecular complexity index is 1300. The zero-order valence-corrected chi connectivity index (χ0v) is 21.1. The van der Waals surface area contributed by atoms with Gasteiger partial charge in [0.1, 0.15) is 17.0 Å². The van der Waals surface area contributed by atoms with Gasteiger partial charge in [-0.2, -0.15) is 5.06 Å². The highest BCUT2D eigenvalue weighted by molar-refractivity contribution is 5.96. The third-order valence-corrected chi connectivity index (χ3v) is 5.75. The summed E-state index contributed by atoms with van der Waals surface area (Å²) in [6, 6.07) is 3.29. The predicted octanol–water partition coefficient (Wildman–Crippen LogP) is 4.57. The van der Waals surface area contributed by atoms with Gasteiger partial charge >= 0.3 is 0 Å². The average Bonchev–Trinajstić information content (AvgIpc) is 2.86. The summed E-state index contributed by atoms with van der Waals surface area (Å²) >= 11 is 0. The number of fused-ring (bicyclic) bond motifs is 1. The molecule has 0 bridgehead atoms. The smallest absolute Gasteiger partial charge is 0.270 e. The first-order chi connectivity index (χ1) is 17.3. The summed E-state index contributed by atoms with van der Waals surface area (Å²) in [4.78, 5) is 36.9. The van der Waals surface area contributed by atoms with E-state index in [1.807, 2.05) is 26.8 Å². The van der Waals surface area contributed by atoms with Gasteiger partial charge in [0.2, 0.25) is 0 Å². The molecule has 1 aromatic carbocycles. The third kappa shape index (κ3) is 6.41. The van der Waals surface area contributed by atoms with Crippen LogP contribution in [-0.2, 0) is 22.6 Å². The fourth-order valence-corrected chi connectivity index (χ4v) is 3.87. The normalized spacial score (nSPS) is 15.8. The number of aromatic amines is 1. The molecule has 3 rings (SSSR count). The molecule has 0 unspecified atom stereocenters. The van der Waals surface area contributed by atoms with E-state index in [1.54, 1.807) is 35.4 Å². The molecule has 0 fully saturated rings. The fraction of sp³-hybridized carbons (Fsp3) is 0.370. The van der Waals surface area contributed by atoms with Gasteiger partial charge in [0.25, 0.3) is 11.5 Å². The van der Waals surface area contributed by atoms with Crippen molar-refractivity contribution in [3.8, 4) is 0 Å². The summed E-state index contributed by atoms with van der Waals surface area (Å²) in [6.07, 6.45) is 7.90. The van der Waals surface area contributed by atoms with Gasteiger partial charge in [-0.3, -0.25) is 14.4 Å². The number of rotatable bonds is 9. The number of H-pyrrole nitrogens is 1. The van der Waals surface area contributed by atoms with Crippen molar-refractivity contribution in [1.29, 1.82) is 0 Å². The van der Waals surface area contributed by atoms with Crippen molar-refractivity contribution in [3.05, 3.63) is 86.4 Å². The van der Waals surface area contributed by atoms with Gasteiger partial charge in [-0.1, -0.05) is 38.1 Å². The Labute approximate surface area is 209 Å². The molecular formula is C27H32F2N4O3. The highest BCUT2D eigenvalue weighted by atomic mass is 19.1. The lowest BCUT2D eigenvalue weighted by Gasteiger charge is -2.26. The molecule has 1 aromatic heterocycles. The van der Waals surface area contributed by atoms with Crippen molar-refractivity contribution >= 4 is 16.9 Å². The molecule has 192 valence electrons. The van der Waals surface area contributed by atoms with Crippen molar-refractivity contribution in [3.63, 3.8) is 0 Å². The van der Waals surface area contributed by atoms with E-state index in [2.05, 4.69) is 15.3 Å². The van der Waals surface area contributed by atoms with E-state index >= 15 is 4.39 Å². The van der Waals surface area contributed by atoms with Crippen LogP contribution in [0.3, 0.4) is 0 Å². The van der Waals surface area contributed by atoms with E-state index in [1.165, 1.54) is 6.92 Å². The molecule has 0 spiro atoms. The molecule has 1 aliphatic heterocycles. The van der Waals surface area contributed by atoms with Crippen LogP contribution in [-0.4, -0.2) is 40.6 Å². The maximum atomic E-state index is 15.1. The van der Waals surface area contributed by atoms with E-state index in [4.69, 9.17) is 4.84 Å². The summed E-state index contributed by atoms with van der Waals surface area (Å²) in [5, 5.41) is 4.31. The van der Waals surface area contributed by atoms with Crippen LogP contribution >= 0.6 is 0 Å². The van der Waals surface area contributed by atoms with Gasteiger partial charge in [-0.05, 0) is 44.4 Å². The number of hydrogen-bond donors (Lipinski definition) is 2. The Kier molecular flexibility index (Phi) is 9.44. The van der Waals surface area contributed by atoms with Crippen LogP contribution in [0, 0.1) is 5.82 Å². The zero-order chi connectivity index (χ0) is 26.2. The van der Waals surface area contributed by atoms with Crippen LogP contribution in [0.4, 0.5) is 8.78 Å². The van der Waals surface area contributed by atoms with E-state index in [0.717, 1.165) is 0 Å². The number of aryl methyl sites for hydroxylation is 1. The lowest BCUT2D eigenvalue weighted by molar-refractivity contribution is -0.156. The molecule has 0 aliphatic carbocycles. The van der Waals surface area contributed by atoms with Gasteiger partial charge in [0.15, 0.2) is 5.82 Å². The van der Waals surface area contributed by atoms with Crippen molar-refractivity contribution in [2.45, 2.75) is 47.1 Å². The molecule has 7 nitrogen and oxygen atoms in total. The van der Waals surface area contributed by atoms with Crippen LogP contribution in [0.2, 0.25) is 0 Å². The molecule has 36 heavy (non-hydrogen) atoms. The highest BCUT2D eigenvalue weighted by Gasteiger charge is 2.19. The van der Waals surface area contributed by atoms with Crippen molar-refractivity contribution < 1.29 is 18.4 Å².